The highest BCUT2D eigenvalue weighted by Crippen LogP contribution is 2.29. The smallest absolute Gasteiger partial charge is 0.254 e. The van der Waals surface area contributed by atoms with Crippen molar-refractivity contribution in [3.05, 3.63) is 168 Å². The Morgan fingerprint density at radius 2 is 1.44 bits per heavy atom. The number of carbonyl (C=O) groups is 2. The number of anilines is 4. The quantitative estimate of drug-likeness (QED) is 0.138. The number of benzene rings is 5. The van der Waals surface area contributed by atoms with Gasteiger partial charge in [0.05, 0.1) is 4.90 Å². The number of aryl methyl sites for hydroxylation is 1. The van der Waals surface area contributed by atoms with Crippen molar-refractivity contribution in [3.8, 4) is 5.75 Å². The minimum Gasteiger partial charge on any atom is -0.489 e. The van der Waals surface area contributed by atoms with Crippen LogP contribution in [-0.2, 0) is 24.0 Å². The van der Waals surface area contributed by atoms with Gasteiger partial charge in [-0.05, 0) is 109 Å². The molecular weight excluding hydrogens is 815 g/mol. The summed E-state index contributed by atoms with van der Waals surface area (Å²) in [6.07, 6.45) is 3.75. The Labute approximate surface area is 370 Å². The largest absolute Gasteiger partial charge is 0.489 e. The molecule has 1 atom stereocenters. The lowest BCUT2D eigenvalue weighted by Gasteiger charge is -2.36. The molecule has 318 valence electrons. The van der Waals surface area contributed by atoms with Crippen LogP contribution in [0.25, 0.3) is 0 Å². The van der Waals surface area contributed by atoms with E-state index in [-0.39, 0.29) is 11.8 Å². The van der Waals surface area contributed by atoms with Crippen LogP contribution in [0, 0.1) is 0 Å². The van der Waals surface area contributed by atoms with Gasteiger partial charge in [0.25, 0.3) is 11.8 Å². The molecule has 2 saturated heterocycles. The number of hydrogen-bond donors (Lipinski definition) is 2. The normalized spacial score (nSPS) is 15.2. The standard InChI is InChI=1S/C26H29N3O2S.C23H22N4O2S/c1-2-9-21-10-6-7-15-25(21)27-32(31)24-14-8-11-22(20-24)26(30)29-18-16-28(17-19-29)23-12-4-3-5-13-23;28-23(27-13-11-26(12-14-27)22-3-1-2-10-24-22)21-15-20-9-4-17(21)16-29-19-7-5-18(6-8-19)25-30-20/h3-8,10-15,20,27H,2,9,16-19H2,1H3;1-10,15,25H,11-14,16H2. The summed E-state index contributed by atoms with van der Waals surface area (Å²) >= 11 is 1.51. The fourth-order valence-corrected chi connectivity index (χ4v) is 9.33. The number of para-hydroxylation sites is 2. The summed E-state index contributed by atoms with van der Waals surface area (Å²) in [6.45, 7) is 8.34. The maximum absolute atomic E-state index is 13.4. The second-order valence-electron chi connectivity index (χ2n) is 15.2. The molecule has 2 amide bonds. The molecule has 0 aliphatic carbocycles. The first-order valence-corrected chi connectivity index (χ1v) is 23.1. The molecule has 5 aromatic carbocycles. The van der Waals surface area contributed by atoms with Crippen LogP contribution in [0.4, 0.5) is 22.9 Å². The number of pyridine rings is 1. The van der Waals surface area contributed by atoms with Crippen molar-refractivity contribution in [1.29, 1.82) is 0 Å². The van der Waals surface area contributed by atoms with Gasteiger partial charge >= 0.3 is 0 Å². The van der Waals surface area contributed by atoms with E-state index >= 15 is 0 Å². The molecule has 13 heteroatoms. The van der Waals surface area contributed by atoms with Crippen molar-refractivity contribution < 1.29 is 18.5 Å². The minimum atomic E-state index is -1.44. The van der Waals surface area contributed by atoms with Crippen LogP contribution in [0.5, 0.6) is 5.75 Å². The Bertz CT molecular complexity index is 2460. The Morgan fingerprint density at radius 1 is 0.726 bits per heavy atom. The Kier molecular flexibility index (Phi) is 14.0. The molecule has 6 aromatic rings. The van der Waals surface area contributed by atoms with E-state index in [1.165, 1.54) is 17.6 Å². The zero-order valence-electron chi connectivity index (χ0n) is 34.8. The van der Waals surface area contributed by atoms with E-state index in [1.54, 1.807) is 30.5 Å². The molecule has 12 rings (SSSR count). The number of carbonyl (C=O) groups excluding carboxylic acids is 2. The van der Waals surface area contributed by atoms with Crippen LogP contribution < -0.4 is 24.0 Å². The monoisotopic (exact) mass is 865 g/mol. The summed E-state index contributed by atoms with van der Waals surface area (Å²) in [5.41, 5.74) is 6.40. The van der Waals surface area contributed by atoms with Crippen LogP contribution in [-0.4, -0.2) is 83.2 Å². The van der Waals surface area contributed by atoms with Crippen molar-refractivity contribution in [2.45, 2.75) is 36.2 Å². The number of nitrogens with zero attached hydrogens (tertiary/aromatic N) is 5. The highest BCUT2D eigenvalue weighted by molar-refractivity contribution is 8.00. The van der Waals surface area contributed by atoms with Crippen LogP contribution in [0.15, 0.2) is 156 Å². The lowest BCUT2D eigenvalue weighted by Crippen LogP contribution is -2.49. The molecule has 1 aromatic heterocycles. The van der Waals surface area contributed by atoms with Gasteiger partial charge in [0, 0.05) is 97.2 Å². The number of hydrogen-bond acceptors (Lipinski definition) is 9. The molecule has 2 N–H and O–H groups in total. The summed E-state index contributed by atoms with van der Waals surface area (Å²) in [5.74, 6) is 1.80. The van der Waals surface area contributed by atoms with Gasteiger partial charge in [-0.15, -0.1) is 0 Å². The van der Waals surface area contributed by atoms with Crippen LogP contribution >= 0.6 is 11.9 Å². The van der Waals surface area contributed by atoms with Crippen LogP contribution in [0.3, 0.4) is 0 Å². The number of rotatable bonds is 9. The minimum absolute atomic E-state index is 0.0112. The average molecular weight is 866 g/mol. The second-order valence-corrected chi connectivity index (χ2v) is 17.3. The van der Waals surface area contributed by atoms with Crippen molar-refractivity contribution >= 4 is 57.6 Å². The molecule has 0 spiro atoms. The predicted molar refractivity (Wildman–Crippen MR) is 251 cm³/mol. The summed E-state index contributed by atoms with van der Waals surface area (Å²) in [4.78, 5) is 40.9. The molecule has 11 nitrogen and oxygen atoms in total. The zero-order chi connectivity index (χ0) is 42.7. The van der Waals surface area contributed by atoms with E-state index in [2.05, 4.69) is 49.4 Å². The number of amides is 2. The molecule has 6 aliphatic heterocycles. The van der Waals surface area contributed by atoms with E-state index in [0.717, 1.165) is 78.0 Å². The van der Waals surface area contributed by atoms with Gasteiger partial charge in [-0.3, -0.25) is 9.59 Å². The number of piperazine rings is 2. The molecule has 2 fully saturated rings. The van der Waals surface area contributed by atoms with Gasteiger partial charge in [-0.2, -0.15) is 0 Å². The first kappa shape index (κ1) is 42.4. The van der Waals surface area contributed by atoms with Gasteiger partial charge in [0.1, 0.15) is 29.2 Å². The third-order valence-electron chi connectivity index (χ3n) is 11.1. The number of aromatic nitrogens is 1. The van der Waals surface area contributed by atoms with E-state index in [1.807, 2.05) is 107 Å². The molecule has 4 bridgehead atoms. The first-order chi connectivity index (χ1) is 30.4. The summed E-state index contributed by atoms with van der Waals surface area (Å²) in [6, 6.07) is 45.1. The third-order valence-corrected chi connectivity index (χ3v) is 13.0. The van der Waals surface area contributed by atoms with E-state index in [4.69, 9.17) is 4.74 Å². The maximum Gasteiger partial charge on any atom is 0.254 e. The molecule has 0 radical (unpaired) electrons. The fourth-order valence-electron chi connectivity index (χ4n) is 7.69. The van der Waals surface area contributed by atoms with Crippen molar-refractivity contribution in [2.75, 3.05) is 71.6 Å². The van der Waals surface area contributed by atoms with Crippen molar-refractivity contribution in [2.24, 2.45) is 0 Å². The lowest BCUT2D eigenvalue weighted by atomic mass is 10.1. The highest BCUT2D eigenvalue weighted by Gasteiger charge is 2.26. The van der Waals surface area contributed by atoms with Gasteiger partial charge in [-0.25, -0.2) is 9.19 Å². The van der Waals surface area contributed by atoms with E-state index in [9.17, 15) is 13.8 Å². The Hall–Kier alpha value is -6.31. The van der Waals surface area contributed by atoms with E-state index < -0.39 is 11.0 Å². The Balaban J connectivity index is 0.000000171. The van der Waals surface area contributed by atoms with Crippen molar-refractivity contribution in [3.63, 3.8) is 0 Å². The molecule has 6 aliphatic rings. The zero-order valence-corrected chi connectivity index (χ0v) is 36.5. The maximum atomic E-state index is 13.4. The first-order valence-electron chi connectivity index (χ1n) is 21.1. The summed E-state index contributed by atoms with van der Waals surface area (Å²) in [7, 11) is -1.44. The predicted octanol–water partition coefficient (Wildman–Crippen LogP) is 8.79. The molecular formula is C49H51N7O4S2. The lowest BCUT2D eigenvalue weighted by molar-refractivity contribution is 0.0737. The topological polar surface area (TPSA) is 110 Å². The van der Waals surface area contributed by atoms with Gasteiger partial charge in [0.2, 0.25) is 0 Å². The van der Waals surface area contributed by atoms with Crippen LogP contribution in [0.1, 0.15) is 45.2 Å². The van der Waals surface area contributed by atoms with Gasteiger partial charge < -0.3 is 33.8 Å². The second kappa shape index (κ2) is 20.5. The summed E-state index contributed by atoms with van der Waals surface area (Å²) < 4.78 is 25.4. The third kappa shape index (κ3) is 10.6. The summed E-state index contributed by atoms with van der Waals surface area (Å²) in [5, 5.41) is 0. The van der Waals surface area contributed by atoms with Crippen molar-refractivity contribution in [1.82, 2.24) is 14.8 Å². The Morgan fingerprint density at radius 3 is 2.18 bits per heavy atom. The number of ether oxygens (including phenoxy) is 1. The van der Waals surface area contributed by atoms with E-state index in [0.29, 0.717) is 48.8 Å². The van der Waals surface area contributed by atoms with Crippen LogP contribution in [0.2, 0.25) is 0 Å². The van der Waals surface area contributed by atoms with Gasteiger partial charge in [0.15, 0.2) is 0 Å². The average Bonchev–Trinajstić information content (AvgIpc) is 3.33. The molecule has 7 heterocycles. The SMILES string of the molecule is CCCc1ccccc1NS(=O)c1cccc(C(=O)N2CCN(c3ccccc3)CC2)c1.O=C(c1cc2ccc1COc1ccc(cc1)NS2)N1CCN(c2ccccn2)CC1. The fraction of sp³-hybridized carbons (Fsp3) is 0.245. The molecule has 1 unspecified atom stereocenters. The number of nitrogens with one attached hydrogen (secondary N) is 2. The molecule has 62 heavy (non-hydrogen) atoms. The molecule has 0 saturated carbocycles. The van der Waals surface area contributed by atoms with Gasteiger partial charge in [-0.1, -0.05) is 67.9 Å². The highest BCUT2D eigenvalue weighted by atomic mass is 32.2.